The smallest absolute Gasteiger partial charge is 0.271 e. The Kier molecular flexibility index (Phi) is 9.50. The Balaban J connectivity index is 1.37. The Bertz CT molecular complexity index is 1430. The summed E-state index contributed by atoms with van der Waals surface area (Å²) in [4.78, 5) is 12.7. The van der Waals surface area contributed by atoms with Crippen LogP contribution in [0.5, 0.6) is 23.0 Å². The highest BCUT2D eigenvalue weighted by molar-refractivity contribution is 5.95. The van der Waals surface area contributed by atoms with Crippen LogP contribution in [0.4, 0.5) is 4.39 Å². The summed E-state index contributed by atoms with van der Waals surface area (Å²) < 4.78 is 36.6. The molecule has 8 heteroatoms. The summed E-state index contributed by atoms with van der Waals surface area (Å²) in [5.74, 6) is 1.19. The first-order chi connectivity index (χ1) is 19.1. The van der Waals surface area contributed by atoms with Crippen molar-refractivity contribution in [1.82, 2.24) is 5.43 Å². The SMILES string of the molecule is CCOc1cc(/C=N/NC(=O)c2ccc(OCc3ccccc3)c(OC)c2)ccc1OCc1ccccc1F. The van der Waals surface area contributed by atoms with E-state index in [1.807, 2.05) is 37.3 Å². The van der Waals surface area contributed by atoms with Gasteiger partial charge >= 0.3 is 0 Å². The number of carbonyl (C=O) groups excluding carboxylic acids is 1. The standard InChI is InChI=1S/C31H29FN2O5/c1-3-37-30-17-23(13-15-28(30)39-21-25-11-7-8-12-26(25)32)19-33-34-31(35)24-14-16-27(29(18-24)36-2)38-20-22-9-5-4-6-10-22/h4-19H,3,20-21H2,1-2H3,(H,34,35)/b33-19+. The summed E-state index contributed by atoms with van der Waals surface area (Å²) in [5.41, 5.74) is 5.03. The third kappa shape index (κ3) is 7.58. The van der Waals surface area contributed by atoms with E-state index in [0.717, 1.165) is 5.56 Å². The molecule has 0 aliphatic heterocycles. The van der Waals surface area contributed by atoms with Crippen molar-refractivity contribution >= 4 is 12.1 Å². The number of rotatable bonds is 12. The molecule has 7 nitrogen and oxygen atoms in total. The van der Waals surface area contributed by atoms with E-state index >= 15 is 0 Å². The van der Waals surface area contributed by atoms with Gasteiger partial charge in [-0.15, -0.1) is 0 Å². The normalized spacial score (nSPS) is 10.7. The second-order valence-electron chi connectivity index (χ2n) is 8.36. The number of nitrogens with zero attached hydrogens (tertiary/aromatic N) is 1. The van der Waals surface area contributed by atoms with Gasteiger partial charge in [0.2, 0.25) is 0 Å². The molecule has 1 amide bonds. The van der Waals surface area contributed by atoms with Crippen LogP contribution in [0.25, 0.3) is 0 Å². The van der Waals surface area contributed by atoms with Crippen LogP contribution in [0, 0.1) is 5.82 Å². The number of nitrogens with one attached hydrogen (secondary N) is 1. The maximum absolute atomic E-state index is 13.9. The van der Waals surface area contributed by atoms with Crippen LogP contribution in [-0.4, -0.2) is 25.8 Å². The van der Waals surface area contributed by atoms with Crippen molar-refractivity contribution in [1.29, 1.82) is 0 Å². The van der Waals surface area contributed by atoms with E-state index in [9.17, 15) is 9.18 Å². The van der Waals surface area contributed by atoms with Gasteiger partial charge < -0.3 is 18.9 Å². The van der Waals surface area contributed by atoms with Crippen LogP contribution in [0.2, 0.25) is 0 Å². The highest BCUT2D eigenvalue weighted by Gasteiger charge is 2.12. The van der Waals surface area contributed by atoms with Gasteiger partial charge in [0.1, 0.15) is 19.0 Å². The summed E-state index contributed by atoms with van der Waals surface area (Å²) in [7, 11) is 1.52. The molecule has 4 aromatic carbocycles. The van der Waals surface area contributed by atoms with E-state index < -0.39 is 5.91 Å². The molecule has 0 aliphatic rings. The Hall–Kier alpha value is -4.85. The molecule has 0 unspecified atom stereocenters. The number of carbonyl (C=O) groups is 1. The van der Waals surface area contributed by atoms with E-state index in [1.165, 1.54) is 19.4 Å². The first-order valence-electron chi connectivity index (χ1n) is 12.4. The van der Waals surface area contributed by atoms with Crippen LogP contribution in [-0.2, 0) is 13.2 Å². The van der Waals surface area contributed by atoms with Gasteiger partial charge in [-0.1, -0.05) is 48.5 Å². The third-order valence-electron chi connectivity index (χ3n) is 5.65. The lowest BCUT2D eigenvalue weighted by atomic mass is 10.2. The Morgan fingerprint density at radius 1 is 0.821 bits per heavy atom. The van der Waals surface area contributed by atoms with E-state index in [0.29, 0.717) is 52.9 Å². The zero-order chi connectivity index (χ0) is 27.5. The van der Waals surface area contributed by atoms with Crippen molar-refractivity contribution in [2.45, 2.75) is 20.1 Å². The molecule has 0 aromatic heterocycles. The molecule has 0 saturated carbocycles. The maximum atomic E-state index is 13.9. The van der Waals surface area contributed by atoms with Crippen molar-refractivity contribution in [3.05, 3.63) is 119 Å². The average molecular weight is 529 g/mol. The number of amides is 1. The number of benzene rings is 4. The molecule has 200 valence electrons. The summed E-state index contributed by atoms with van der Waals surface area (Å²) in [6, 6.07) is 26.3. The topological polar surface area (TPSA) is 78.4 Å². The van der Waals surface area contributed by atoms with E-state index in [4.69, 9.17) is 18.9 Å². The molecule has 0 aliphatic carbocycles. The van der Waals surface area contributed by atoms with Crippen LogP contribution >= 0.6 is 0 Å². The van der Waals surface area contributed by atoms with Crippen LogP contribution in [0.15, 0.2) is 96.1 Å². The van der Waals surface area contributed by atoms with Gasteiger partial charge in [-0.3, -0.25) is 4.79 Å². The van der Waals surface area contributed by atoms with Gasteiger partial charge in [-0.2, -0.15) is 5.10 Å². The first kappa shape index (κ1) is 27.2. The van der Waals surface area contributed by atoms with Gasteiger partial charge in [-0.05, 0) is 60.5 Å². The second-order valence-corrected chi connectivity index (χ2v) is 8.36. The fourth-order valence-electron chi connectivity index (χ4n) is 3.66. The second kappa shape index (κ2) is 13.6. The van der Waals surface area contributed by atoms with Gasteiger partial charge in [0.25, 0.3) is 5.91 Å². The molecule has 1 N–H and O–H groups in total. The third-order valence-corrected chi connectivity index (χ3v) is 5.65. The first-order valence-corrected chi connectivity index (χ1v) is 12.4. The number of hydrogen-bond acceptors (Lipinski definition) is 6. The Morgan fingerprint density at radius 3 is 2.31 bits per heavy atom. The zero-order valence-corrected chi connectivity index (χ0v) is 21.7. The molecule has 0 atom stereocenters. The lowest BCUT2D eigenvalue weighted by molar-refractivity contribution is 0.0954. The number of methoxy groups -OCH3 is 1. The van der Waals surface area contributed by atoms with E-state index in [1.54, 1.807) is 54.6 Å². The summed E-state index contributed by atoms with van der Waals surface area (Å²) >= 11 is 0. The fourth-order valence-corrected chi connectivity index (χ4v) is 3.66. The minimum absolute atomic E-state index is 0.0653. The summed E-state index contributed by atoms with van der Waals surface area (Å²) in [5, 5.41) is 4.07. The predicted octanol–water partition coefficient (Wildman–Crippen LogP) is 6.15. The predicted molar refractivity (Wildman–Crippen MR) is 147 cm³/mol. The van der Waals surface area contributed by atoms with Crippen LogP contribution in [0.3, 0.4) is 0 Å². The largest absolute Gasteiger partial charge is 0.493 e. The van der Waals surface area contributed by atoms with Crippen molar-refractivity contribution < 1.29 is 28.1 Å². The Labute approximate surface area is 226 Å². The van der Waals surface area contributed by atoms with Crippen LogP contribution < -0.4 is 24.4 Å². The number of halogens is 1. The fraction of sp³-hybridized carbons (Fsp3) is 0.161. The Morgan fingerprint density at radius 2 is 1.54 bits per heavy atom. The van der Waals surface area contributed by atoms with Crippen molar-refractivity contribution in [2.75, 3.05) is 13.7 Å². The van der Waals surface area contributed by atoms with E-state index in [2.05, 4.69) is 10.5 Å². The summed E-state index contributed by atoms with van der Waals surface area (Å²) in [6.07, 6.45) is 1.50. The lowest BCUT2D eigenvalue weighted by Gasteiger charge is -2.13. The van der Waals surface area contributed by atoms with Crippen molar-refractivity contribution in [3.8, 4) is 23.0 Å². The average Bonchev–Trinajstić information content (AvgIpc) is 2.97. The van der Waals surface area contributed by atoms with Gasteiger partial charge in [0.05, 0.1) is 19.9 Å². The molecule has 0 radical (unpaired) electrons. The maximum Gasteiger partial charge on any atom is 0.271 e. The van der Waals surface area contributed by atoms with Gasteiger partial charge in [-0.25, -0.2) is 9.82 Å². The van der Waals surface area contributed by atoms with E-state index in [-0.39, 0.29) is 12.4 Å². The molecule has 0 fully saturated rings. The number of hydrazone groups is 1. The van der Waals surface area contributed by atoms with Crippen molar-refractivity contribution in [2.24, 2.45) is 5.10 Å². The quantitative estimate of drug-likeness (QED) is 0.176. The lowest BCUT2D eigenvalue weighted by Crippen LogP contribution is -2.17. The van der Waals surface area contributed by atoms with Gasteiger partial charge in [0, 0.05) is 11.1 Å². The van der Waals surface area contributed by atoms with Gasteiger partial charge in [0.15, 0.2) is 23.0 Å². The van der Waals surface area contributed by atoms with Crippen LogP contribution in [0.1, 0.15) is 34.0 Å². The minimum atomic E-state index is -0.408. The molecular weight excluding hydrogens is 499 g/mol. The monoisotopic (exact) mass is 528 g/mol. The number of ether oxygens (including phenoxy) is 4. The number of hydrogen-bond donors (Lipinski definition) is 1. The zero-order valence-electron chi connectivity index (χ0n) is 21.7. The molecule has 0 heterocycles. The molecule has 39 heavy (non-hydrogen) atoms. The minimum Gasteiger partial charge on any atom is -0.493 e. The molecule has 4 rings (SSSR count). The highest BCUT2D eigenvalue weighted by Crippen LogP contribution is 2.30. The molecular formula is C31H29FN2O5. The summed E-state index contributed by atoms with van der Waals surface area (Å²) in [6.45, 7) is 2.72. The molecule has 4 aromatic rings. The molecule has 0 spiro atoms. The molecule has 0 bridgehead atoms. The highest BCUT2D eigenvalue weighted by atomic mass is 19.1. The molecule has 0 saturated heterocycles. The van der Waals surface area contributed by atoms with Crippen molar-refractivity contribution in [3.63, 3.8) is 0 Å².